The Morgan fingerprint density at radius 1 is 1.42 bits per heavy atom. The van der Waals surface area contributed by atoms with E-state index in [1.54, 1.807) is 17.0 Å². The topological polar surface area (TPSA) is 102 Å². The average Bonchev–Trinajstić information content (AvgIpc) is 2.99. The van der Waals surface area contributed by atoms with Crippen molar-refractivity contribution in [3.63, 3.8) is 0 Å². The highest BCUT2D eigenvalue weighted by Crippen LogP contribution is 2.20. The molecule has 2 rings (SSSR count). The molecule has 0 aliphatic carbocycles. The minimum absolute atomic E-state index is 0.133. The molecule has 0 radical (unpaired) electrons. The first-order valence-electron chi connectivity index (χ1n) is 5.25. The highest BCUT2D eigenvalue weighted by molar-refractivity contribution is 7.91. The van der Waals surface area contributed by atoms with Crippen LogP contribution in [-0.4, -0.2) is 25.9 Å². The van der Waals surface area contributed by atoms with Gasteiger partial charge in [0.1, 0.15) is 9.90 Å². The highest BCUT2D eigenvalue weighted by Gasteiger charge is 2.11. The number of aromatic nitrogens is 1. The van der Waals surface area contributed by atoms with Gasteiger partial charge < -0.3 is 5.32 Å². The van der Waals surface area contributed by atoms with Gasteiger partial charge in [-0.1, -0.05) is 0 Å². The Bertz CT molecular complexity index is 661. The van der Waals surface area contributed by atoms with Crippen LogP contribution >= 0.6 is 22.7 Å². The molecule has 19 heavy (non-hydrogen) atoms. The van der Waals surface area contributed by atoms with E-state index in [0.717, 1.165) is 16.2 Å². The molecule has 2 aromatic heterocycles. The van der Waals surface area contributed by atoms with Gasteiger partial charge >= 0.3 is 0 Å². The maximum absolute atomic E-state index is 11.6. The molecule has 2 heterocycles. The third-order valence-corrected chi connectivity index (χ3v) is 5.41. The maximum Gasteiger partial charge on any atom is 0.270 e. The lowest BCUT2D eigenvalue weighted by Gasteiger charge is -2.01. The lowest BCUT2D eigenvalue weighted by molar-refractivity contribution is 0.0950. The number of nitrogens with zero attached hydrogens (tertiary/aromatic N) is 1. The van der Waals surface area contributed by atoms with Gasteiger partial charge in [0.15, 0.2) is 0 Å². The van der Waals surface area contributed by atoms with E-state index < -0.39 is 10.0 Å². The maximum atomic E-state index is 11.6. The minimum Gasteiger partial charge on any atom is -0.350 e. The van der Waals surface area contributed by atoms with Gasteiger partial charge in [0, 0.05) is 16.8 Å². The zero-order valence-electron chi connectivity index (χ0n) is 9.70. The number of rotatable bonds is 5. The number of sulfonamides is 1. The van der Waals surface area contributed by atoms with Crippen LogP contribution in [0.4, 0.5) is 0 Å². The van der Waals surface area contributed by atoms with Gasteiger partial charge in [-0.3, -0.25) is 4.79 Å². The van der Waals surface area contributed by atoms with Crippen molar-refractivity contribution < 1.29 is 13.2 Å². The summed E-state index contributed by atoms with van der Waals surface area (Å²) in [4.78, 5) is 16.3. The van der Waals surface area contributed by atoms with Gasteiger partial charge in [-0.15, -0.1) is 22.7 Å². The molecule has 2 aromatic rings. The minimum atomic E-state index is -3.64. The summed E-state index contributed by atoms with van der Waals surface area (Å²) in [5.41, 5.74) is 1.98. The van der Waals surface area contributed by atoms with Crippen LogP contribution in [0, 0.1) is 0 Å². The Morgan fingerprint density at radius 2 is 2.21 bits per heavy atom. The number of nitrogens with one attached hydrogen (secondary N) is 1. The molecule has 3 N–H and O–H groups in total. The smallest absolute Gasteiger partial charge is 0.270 e. The van der Waals surface area contributed by atoms with Crippen LogP contribution in [-0.2, 0) is 16.4 Å². The van der Waals surface area contributed by atoms with E-state index in [9.17, 15) is 13.2 Å². The van der Waals surface area contributed by atoms with Crippen LogP contribution in [0.15, 0.2) is 27.2 Å². The quantitative estimate of drug-likeness (QED) is 0.852. The van der Waals surface area contributed by atoms with Crippen molar-refractivity contribution in [2.45, 2.75) is 10.6 Å². The number of carbonyl (C=O) groups is 1. The monoisotopic (exact) mass is 317 g/mol. The summed E-state index contributed by atoms with van der Waals surface area (Å²) in [5.74, 6) is -0.232. The lowest BCUT2D eigenvalue weighted by Crippen LogP contribution is -2.25. The Hall–Kier alpha value is -1.29. The zero-order valence-corrected chi connectivity index (χ0v) is 12.1. The van der Waals surface area contributed by atoms with E-state index in [4.69, 9.17) is 5.14 Å². The van der Waals surface area contributed by atoms with Crippen molar-refractivity contribution in [2.75, 3.05) is 6.54 Å². The molecule has 0 atom stereocenters. The van der Waals surface area contributed by atoms with Crippen LogP contribution in [0.1, 0.15) is 15.4 Å². The summed E-state index contributed by atoms with van der Waals surface area (Å²) in [6.07, 6.45) is 0.552. The van der Waals surface area contributed by atoms with Crippen LogP contribution in [0.5, 0.6) is 0 Å². The van der Waals surface area contributed by atoms with E-state index >= 15 is 0 Å². The molecule has 0 spiro atoms. The standard InChI is InChI=1S/C10H11N3O3S3/c11-19(15,16)9-2-1-7(18-9)3-4-12-10(14)8-5-17-6-13-8/h1-2,5-6H,3-4H2,(H,12,14)(H2,11,15,16). The normalized spacial score (nSPS) is 11.4. The zero-order chi connectivity index (χ0) is 13.9. The first kappa shape index (κ1) is 14.1. The molecule has 0 unspecified atom stereocenters. The molecule has 9 heteroatoms. The molecule has 1 amide bonds. The lowest BCUT2D eigenvalue weighted by atomic mass is 10.3. The summed E-state index contributed by atoms with van der Waals surface area (Å²) >= 11 is 2.46. The van der Waals surface area contributed by atoms with Crippen LogP contribution in [0.2, 0.25) is 0 Å². The fourth-order valence-corrected chi connectivity index (χ4v) is 3.67. The molecule has 0 saturated heterocycles. The SMILES string of the molecule is NS(=O)(=O)c1ccc(CCNC(=O)c2cscn2)s1. The van der Waals surface area contributed by atoms with Crippen LogP contribution < -0.4 is 10.5 Å². The van der Waals surface area contributed by atoms with Crippen LogP contribution in [0.3, 0.4) is 0 Å². The average molecular weight is 317 g/mol. The Morgan fingerprint density at radius 3 is 2.79 bits per heavy atom. The van der Waals surface area contributed by atoms with Crippen molar-refractivity contribution in [1.82, 2.24) is 10.3 Å². The predicted octanol–water partition coefficient (Wildman–Crippen LogP) is 0.824. The van der Waals surface area contributed by atoms with Gasteiger partial charge in [-0.25, -0.2) is 18.5 Å². The Labute approximate surface area is 118 Å². The largest absolute Gasteiger partial charge is 0.350 e. The number of carbonyl (C=O) groups excluding carboxylic acids is 1. The Kier molecular flexibility index (Phi) is 4.30. The number of thiazole rings is 1. The molecule has 0 fully saturated rings. The van der Waals surface area contributed by atoms with E-state index in [2.05, 4.69) is 10.3 Å². The summed E-state index contributed by atoms with van der Waals surface area (Å²) < 4.78 is 22.3. The second-order valence-electron chi connectivity index (χ2n) is 3.65. The van der Waals surface area contributed by atoms with Crippen molar-refractivity contribution in [1.29, 1.82) is 0 Å². The molecule has 0 aliphatic heterocycles. The second-order valence-corrected chi connectivity index (χ2v) is 7.32. The first-order chi connectivity index (χ1) is 8.97. The van der Waals surface area contributed by atoms with Crippen LogP contribution in [0.25, 0.3) is 0 Å². The first-order valence-corrected chi connectivity index (χ1v) is 8.55. The van der Waals surface area contributed by atoms with E-state index in [1.165, 1.54) is 17.4 Å². The van der Waals surface area contributed by atoms with Crippen molar-refractivity contribution in [3.05, 3.63) is 33.6 Å². The number of hydrogen-bond donors (Lipinski definition) is 2. The van der Waals surface area contributed by atoms with Crippen molar-refractivity contribution >= 4 is 38.6 Å². The molecule has 0 aliphatic rings. The summed E-state index contributed by atoms with van der Waals surface area (Å²) in [5, 5.41) is 9.40. The number of amides is 1. The highest BCUT2D eigenvalue weighted by atomic mass is 32.2. The number of nitrogens with two attached hydrogens (primary N) is 1. The number of thiophene rings is 1. The third-order valence-electron chi connectivity index (χ3n) is 2.24. The molecule has 102 valence electrons. The van der Waals surface area contributed by atoms with Crippen molar-refractivity contribution in [2.24, 2.45) is 5.14 Å². The summed E-state index contributed by atoms with van der Waals surface area (Å²) in [7, 11) is -3.64. The molecule has 0 bridgehead atoms. The van der Waals surface area contributed by atoms with E-state index in [1.807, 2.05) is 0 Å². The summed E-state index contributed by atoms with van der Waals surface area (Å²) in [6, 6.07) is 3.16. The molecule has 6 nitrogen and oxygen atoms in total. The molecule has 0 saturated carbocycles. The third kappa shape index (κ3) is 3.83. The van der Waals surface area contributed by atoms with Gasteiger partial charge in [-0.05, 0) is 18.6 Å². The predicted molar refractivity (Wildman–Crippen MR) is 73.8 cm³/mol. The Balaban J connectivity index is 1.86. The van der Waals surface area contributed by atoms with E-state index in [0.29, 0.717) is 18.7 Å². The van der Waals surface area contributed by atoms with Gasteiger partial charge in [0.25, 0.3) is 5.91 Å². The molecular weight excluding hydrogens is 306 g/mol. The van der Waals surface area contributed by atoms with Crippen molar-refractivity contribution in [3.8, 4) is 0 Å². The van der Waals surface area contributed by atoms with Gasteiger partial charge in [-0.2, -0.15) is 0 Å². The fourth-order valence-electron chi connectivity index (χ4n) is 1.36. The van der Waals surface area contributed by atoms with Gasteiger partial charge in [0.05, 0.1) is 5.51 Å². The number of hydrogen-bond acceptors (Lipinski definition) is 6. The molecular formula is C10H11N3O3S3. The summed E-state index contributed by atoms with van der Waals surface area (Å²) in [6.45, 7) is 0.418. The van der Waals surface area contributed by atoms with Gasteiger partial charge in [0.2, 0.25) is 10.0 Å². The molecule has 0 aromatic carbocycles. The van der Waals surface area contributed by atoms with E-state index in [-0.39, 0.29) is 10.1 Å². The fraction of sp³-hybridized carbons (Fsp3) is 0.200. The second kappa shape index (κ2) is 5.78. The number of primary sulfonamides is 1.